The molecule has 1 aromatic heterocycles. The van der Waals surface area contributed by atoms with Gasteiger partial charge in [0.25, 0.3) is 0 Å². The summed E-state index contributed by atoms with van der Waals surface area (Å²) in [4.78, 5) is 30.7. The average molecular weight is 418 g/mol. The van der Waals surface area contributed by atoms with Gasteiger partial charge in [-0.15, -0.1) is 0 Å². The van der Waals surface area contributed by atoms with E-state index in [4.69, 9.17) is 19.1 Å². The van der Waals surface area contributed by atoms with E-state index in [1.54, 1.807) is 19.1 Å². The summed E-state index contributed by atoms with van der Waals surface area (Å²) in [6.07, 6.45) is -0.641. The molecule has 0 radical (unpaired) electrons. The molecule has 1 heterocycles. The van der Waals surface area contributed by atoms with Crippen LogP contribution >= 0.6 is 0 Å². The molecule has 0 unspecified atom stereocenters. The maximum Gasteiger partial charge on any atom is 0.438 e. The van der Waals surface area contributed by atoms with E-state index in [1.165, 1.54) is 21.3 Å². The Balaban J connectivity index is 0.00000218. The first kappa shape index (κ1) is 24.8. The molecule has 2 aromatic rings. The van der Waals surface area contributed by atoms with Crippen LogP contribution in [0.1, 0.15) is 43.4 Å². The number of anilines is 1. The van der Waals surface area contributed by atoms with Crippen LogP contribution in [0.4, 0.5) is 10.5 Å². The van der Waals surface area contributed by atoms with Crippen molar-refractivity contribution in [3.8, 4) is 5.88 Å². The third-order valence-corrected chi connectivity index (χ3v) is 3.99. The zero-order chi connectivity index (χ0) is 22.7. The fourth-order valence-electron chi connectivity index (χ4n) is 2.41. The van der Waals surface area contributed by atoms with E-state index in [2.05, 4.69) is 15.1 Å². The molecule has 2 rings (SSSR count). The first-order valence-electron chi connectivity index (χ1n) is 9.49. The molecule has 0 aliphatic rings. The lowest BCUT2D eigenvalue weighted by atomic mass is 10.2. The zero-order valence-electron chi connectivity index (χ0n) is 18.8. The van der Waals surface area contributed by atoms with Crippen LogP contribution in [0.2, 0.25) is 0 Å². The molecule has 0 saturated heterocycles. The summed E-state index contributed by atoms with van der Waals surface area (Å²) in [6, 6.07) is 7.19. The fourth-order valence-corrected chi connectivity index (χ4v) is 2.41. The second kappa shape index (κ2) is 12.4. The monoisotopic (exact) mass is 418 g/mol. The number of benzene rings is 1. The first-order valence-corrected chi connectivity index (χ1v) is 9.49. The zero-order valence-corrected chi connectivity index (χ0v) is 18.8. The van der Waals surface area contributed by atoms with Crippen molar-refractivity contribution in [1.82, 2.24) is 9.97 Å². The lowest BCUT2D eigenvalue weighted by molar-refractivity contribution is 0.115. The van der Waals surface area contributed by atoms with E-state index in [0.29, 0.717) is 28.7 Å². The highest BCUT2D eigenvalue weighted by Crippen LogP contribution is 2.24. The van der Waals surface area contributed by atoms with Gasteiger partial charge in [-0.1, -0.05) is 37.2 Å². The Morgan fingerprint density at radius 1 is 1.10 bits per heavy atom. The number of nitrogens with zero attached hydrogens (tertiary/aromatic N) is 4. The number of aromatic nitrogens is 2. The smallest absolute Gasteiger partial charge is 0.438 e. The molecular weight excluding hydrogens is 388 g/mol. The lowest BCUT2D eigenvalue weighted by Gasteiger charge is -2.21. The summed E-state index contributed by atoms with van der Waals surface area (Å²) in [5.74, 6) is 0.839. The van der Waals surface area contributed by atoms with Crippen molar-refractivity contribution in [2.24, 2.45) is 5.16 Å². The number of hydrogen-bond donors (Lipinski definition) is 0. The Kier molecular flexibility index (Phi) is 10.3. The summed E-state index contributed by atoms with van der Waals surface area (Å²) in [6.45, 7) is 9.65. The maximum absolute atomic E-state index is 11.9. The Bertz CT molecular complexity index is 870. The first-order chi connectivity index (χ1) is 14.4. The SMILES string of the molecule is CC.CO/N=C(/C)c1nc(C)c(C)c(OCc2ccccc2N(OC)C(=O)OC)n1. The van der Waals surface area contributed by atoms with E-state index >= 15 is 0 Å². The van der Waals surface area contributed by atoms with Gasteiger partial charge in [0.1, 0.15) is 19.4 Å². The van der Waals surface area contributed by atoms with Crippen LogP contribution in [0.3, 0.4) is 0 Å². The number of hydrogen-bond acceptors (Lipinski definition) is 8. The Labute approximate surface area is 177 Å². The molecule has 9 heteroatoms. The van der Waals surface area contributed by atoms with E-state index < -0.39 is 6.09 Å². The van der Waals surface area contributed by atoms with Gasteiger partial charge in [0.2, 0.25) is 5.88 Å². The number of methoxy groups -OCH3 is 1. The van der Waals surface area contributed by atoms with Crippen molar-refractivity contribution in [1.29, 1.82) is 0 Å². The standard InChI is InChI=1S/C19H24N4O5.C2H6/c1-12-13(2)20-17(14(3)22-26-5)21-18(12)28-11-15-9-7-8-10-16(15)23(27-6)19(24)25-4;1-2/h7-10H,11H2,1-6H3;1-2H3/b22-14-;. The summed E-state index contributed by atoms with van der Waals surface area (Å²) in [5.41, 5.74) is 3.34. The van der Waals surface area contributed by atoms with Gasteiger partial charge in [0, 0.05) is 16.8 Å². The summed E-state index contributed by atoms with van der Waals surface area (Å²) in [5, 5.41) is 4.92. The highest BCUT2D eigenvalue weighted by Gasteiger charge is 2.20. The number of carbonyl (C=O) groups is 1. The predicted molar refractivity (Wildman–Crippen MR) is 115 cm³/mol. The maximum atomic E-state index is 11.9. The predicted octanol–water partition coefficient (Wildman–Crippen LogP) is 4.20. The number of carbonyl (C=O) groups excluding carboxylic acids is 1. The van der Waals surface area contributed by atoms with Crippen LogP contribution < -0.4 is 9.80 Å². The van der Waals surface area contributed by atoms with Gasteiger partial charge in [-0.2, -0.15) is 10.0 Å². The molecule has 0 aliphatic carbocycles. The molecule has 0 spiro atoms. The van der Waals surface area contributed by atoms with Gasteiger partial charge in [0.15, 0.2) is 5.82 Å². The van der Waals surface area contributed by atoms with Gasteiger partial charge in [-0.05, 0) is 26.8 Å². The molecule has 0 aliphatic heterocycles. The van der Waals surface area contributed by atoms with Crippen LogP contribution in [0.15, 0.2) is 29.4 Å². The van der Waals surface area contributed by atoms with Crippen LogP contribution in [0.5, 0.6) is 5.88 Å². The molecule has 164 valence electrons. The van der Waals surface area contributed by atoms with Gasteiger partial charge in [-0.25, -0.2) is 9.78 Å². The molecular formula is C21H30N4O5. The molecule has 1 aromatic carbocycles. The van der Waals surface area contributed by atoms with Crippen molar-refractivity contribution in [2.75, 3.05) is 26.4 Å². The lowest BCUT2D eigenvalue weighted by Crippen LogP contribution is -2.30. The Morgan fingerprint density at radius 2 is 1.77 bits per heavy atom. The van der Waals surface area contributed by atoms with E-state index in [9.17, 15) is 4.79 Å². The van der Waals surface area contributed by atoms with Gasteiger partial charge < -0.3 is 14.3 Å². The highest BCUT2D eigenvalue weighted by atomic mass is 16.7. The summed E-state index contributed by atoms with van der Waals surface area (Å²) in [7, 11) is 4.13. The van der Waals surface area contributed by atoms with Crippen LogP contribution in [0, 0.1) is 13.8 Å². The number of para-hydroxylation sites is 1. The topological polar surface area (TPSA) is 95.4 Å². The largest absolute Gasteiger partial charge is 0.472 e. The summed E-state index contributed by atoms with van der Waals surface area (Å²) < 4.78 is 10.7. The van der Waals surface area contributed by atoms with Crippen molar-refractivity contribution >= 4 is 17.5 Å². The number of oxime groups is 1. The quantitative estimate of drug-likeness (QED) is 0.491. The molecule has 1 amide bonds. The fraction of sp³-hybridized carbons (Fsp3) is 0.429. The minimum absolute atomic E-state index is 0.157. The molecule has 0 fully saturated rings. The average Bonchev–Trinajstić information content (AvgIpc) is 2.77. The highest BCUT2D eigenvalue weighted by molar-refractivity contribution is 5.95. The normalized spacial score (nSPS) is 10.6. The summed E-state index contributed by atoms with van der Waals surface area (Å²) >= 11 is 0. The van der Waals surface area contributed by atoms with Crippen LogP contribution in [0.25, 0.3) is 0 Å². The molecule has 0 saturated carbocycles. The number of hydroxylamine groups is 1. The number of rotatable bonds is 7. The third kappa shape index (κ3) is 6.15. The molecule has 0 bridgehead atoms. The number of aryl methyl sites for hydroxylation is 1. The van der Waals surface area contributed by atoms with Crippen molar-refractivity contribution in [3.05, 3.63) is 46.9 Å². The van der Waals surface area contributed by atoms with Crippen molar-refractivity contribution in [2.45, 2.75) is 41.2 Å². The Morgan fingerprint density at radius 3 is 2.37 bits per heavy atom. The third-order valence-electron chi connectivity index (χ3n) is 3.99. The van der Waals surface area contributed by atoms with E-state index in [0.717, 1.165) is 16.3 Å². The van der Waals surface area contributed by atoms with Crippen LogP contribution in [-0.4, -0.2) is 43.1 Å². The molecule has 9 nitrogen and oxygen atoms in total. The molecule has 30 heavy (non-hydrogen) atoms. The van der Waals surface area contributed by atoms with Gasteiger partial charge in [-0.3, -0.25) is 4.84 Å². The second-order valence-corrected chi connectivity index (χ2v) is 5.79. The van der Waals surface area contributed by atoms with E-state index in [-0.39, 0.29) is 6.61 Å². The van der Waals surface area contributed by atoms with Gasteiger partial charge >= 0.3 is 6.09 Å². The number of ether oxygens (including phenoxy) is 2. The molecule has 0 N–H and O–H groups in total. The minimum Gasteiger partial charge on any atom is -0.472 e. The minimum atomic E-state index is -0.641. The second-order valence-electron chi connectivity index (χ2n) is 5.79. The van der Waals surface area contributed by atoms with Crippen LogP contribution in [-0.2, 0) is 21.0 Å². The number of amides is 1. The Hall–Kier alpha value is -3.20. The van der Waals surface area contributed by atoms with Gasteiger partial charge in [0.05, 0.1) is 19.9 Å². The molecule has 0 atom stereocenters. The van der Waals surface area contributed by atoms with Crippen molar-refractivity contribution in [3.63, 3.8) is 0 Å². The van der Waals surface area contributed by atoms with Crippen molar-refractivity contribution < 1.29 is 23.9 Å². The van der Waals surface area contributed by atoms with E-state index in [1.807, 2.05) is 39.8 Å².